The maximum atomic E-state index is 11.9. The first kappa shape index (κ1) is 13.3. The fraction of sp³-hybridized carbons (Fsp3) is 0.846. The Morgan fingerprint density at radius 3 is 2.72 bits per heavy atom. The van der Waals surface area contributed by atoms with Crippen LogP contribution in [-0.2, 0) is 9.59 Å². The lowest BCUT2D eigenvalue weighted by Gasteiger charge is -2.34. The average Bonchev–Trinajstić information content (AvgIpc) is 2.58. The lowest BCUT2D eigenvalue weighted by molar-refractivity contribution is -0.131. The van der Waals surface area contributed by atoms with Crippen molar-refractivity contribution in [3.05, 3.63) is 0 Å². The molecule has 0 bridgehead atoms. The van der Waals surface area contributed by atoms with Crippen LogP contribution in [0.25, 0.3) is 0 Å². The van der Waals surface area contributed by atoms with Gasteiger partial charge in [-0.2, -0.15) is 0 Å². The number of hydrogen-bond acceptors (Lipinski definition) is 3. The van der Waals surface area contributed by atoms with Crippen LogP contribution in [0, 0.1) is 5.92 Å². The second-order valence-electron chi connectivity index (χ2n) is 5.63. The fourth-order valence-corrected chi connectivity index (χ4v) is 2.51. The quantitative estimate of drug-likeness (QED) is 0.754. The van der Waals surface area contributed by atoms with E-state index < -0.39 is 0 Å². The van der Waals surface area contributed by atoms with E-state index in [1.165, 1.54) is 6.42 Å². The number of nitrogens with zero attached hydrogens (tertiary/aromatic N) is 2. The molecule has 0 aromatic carbocycles. The number of hydrogen-bond donors (Lipinski definition) is 1. The Balaban J connectivity index is 1.76. The smallest absolute Gasteiger partial charge is 0.225 e. The van der Waals surface area contributed by atoms with Crippen molar-refractivity contribution in [2.45, 2.75) is 31.7 Å². The number of likely N-dealkylation sites (tertiary alicyclic amines) is 1. The largest absolute Gasteiger partial charge is 0.355 e. The Labute approximate surface area is 108 Å². The van der Waals surface area contributed by atoms with Gasteiger partial charge in [0.15, 0.2) is 0 Å². The first-order chi connectivity index (χ1) is 8.58. The molecule has 2 fully saturated rings. The molecule has 0 radical (unpaired) electrons. The minimum absolute atomic E-state index is 0.0343. The Hall–Kier alpha value is -1.10. The third-order valence-corrected chi connectivity index (χ3v) is 3.90. The van der Waals surface area contributed by atoms with Crippen LogP contribution in [0.1, 0.15) is 25.7 Å². The van der Waals surface area contributed by atoms with Gasteiger partial charge in [-0.15, -0.1) is 0 Å². The van der Waals surface area contributed by atoms with Gasteiger partial charge in [-0.05, 0) is 33.4 Å². The summed E-state index contributed by atoms with van der Waals surface area (Å²) in [4.78, 5) is 27.7. The van der Waals surface area contributed by atoms with Gasteiger partial charge < -0.3 is 15.1 Å². The van der Waals surface area contributed by atoms with E-state index >= 15 is 0 Å². The van der Waals surface area contributed by atoms with E-state index in [9.17, 15) is 9.59 Å². The molecule has 1 unspecified atom stereocenters. The van der Waals surface area contributed by atoms with E-state index in [2.05, 4.69) is 5.32 Å². The molecular weight excluding hydrogens is 230 g/mol. The number of nitrogens with one attached hydrogen (secondary N) is 1. The van der Waals surface area contributed by atoms with Gasteiger partial charge in [0.1, 0.15) is 0 Å². The summed E-state index contributed by atoms with van der Waals surface area (Å²) in [6.07, 6.45) is 3.83. The molecular formula is C13H23N3O2. The highest BCUT2D eigenvalue weighted by molar-refractivity contribution is 5.89. The molecule has 2 rings (SSSR count). The van der Waals surface area contributed by atoms with Crippen molar-refractivity contribution in [1.82, 2.24) is 15.1 Å². The maximum absolute atomic E-state index is 11.9. The molecule has 1 saturated heterocycles. The minimum atomic E-state index is -0.139. The molecule has 0 aromatic rings. The highest BCUT2D eigenvalue weighted by Crippen LogP contribution is 2.30. The highest BCUT2D eigenvalue weighted by atomic mass is 16.2. The zero-order chi connectivity index (χ0) is 13.1. The van der Waals surface area contributed by atoms with E-state index in [0.717, 1.165) is 19.4 Å². The number of rotatable bonds is 5. The summed E-state index contributed by atoms with van der Waals surface area (Å²) in [5, 5.41) is 2.91. The molecule has 1 N–H and O–H groups in total. The summed E-state index contributed by atoms with van der Waals surface area (Å²) >= 11 is 0. The lowest BCUT2D eigenvalue weighted by Crippen LogP contribution is -2.42. The molecule has 0 aromatic heterocycles. The predicted octanol–water partition coefficient (Wildman–Crippen LogP) is 0.0652. The van der Waals surface area contributed by atoms with Gasteiger partial charge in [0, 0.05) is 32.1 Å². The van der Waals surface area contributed by atoms with Crippen LogP contribution >= 0.6 is 0 Å². The van der Waals surface area contributed by atoms with Crippen LogP contribution in [0.3, 0.4) is 0 Å². The molecule has 102 valence electrons. The van der Waals surface area contributed by atoms with Crippen molar-refractivity contribution in [1.29, 1.82) is 0 Å². The Kier molecular flexibility index (Phi) is 4.22. The minimum Gasteiger partial charge on any atom is -0.355 e. The summed E-state index contributed by atoms with van der Waals surface area (Å²) in [6, 6.07) is 0.414. The molecule has 1 aliphatic heterocycles. The first-order valence-electron chi connectivity index (χ1n) is 6.80. The summed E-state index contributed by atoms with van der Waals surface area (Å²) in [5.74, 6) is 0.0553. The molecule has 2 amide bonds. The zero-order valence-corrected chi connectivity index (χ0v) is 11.3. The zero-order valence-electron chi connectivity index (χ0n) is 11.3. The van der Waals surface area contributed by atoms with Crippen molar-refractivity contribution < 1.29 is 9.59 Å². The molecule has 1 aliphatic carbocycles. The SMILES string of the molecule is CN(C)CCNC(=O)C1CC(=O)N(C2CCC2)C1. The number of likely N-dealkylation sites (N-methyl/N-ethyl adjacent to an activating group) is 1. The Morgan fingerprint density at radius 2 is 2.17 bits per heavy atom. The summed E-state index contributed by atoms with van der Waals surface area (Å²) in [6.45, 7) is 2.11. The normalized spacial score (nSPS) is 24.5. The maximum Gasteiger partial charge on any atom is 0.225 e. The van der Waals surface area contributed by atoms with Crippen LogP contribution < -0.4 is 5.32 Å². The van der Waals surface area contributed by atoms with Gasteiger partial charge in [-0.25, -0.2) is 0 Å². The van der Waals surface area contributed by atoms with E-state index in [1.54, 1.807) is 0 Å². The summed E-state index contributed by atoms with van der Waals surface area (Å²) in [7, 11) is 3.95. The van der Waals surface area contributed by atoms with Crippen LogP contribution in [0.15, 0.2) is 0 Å². The van der Waals surface area contributed by atoms with Gasteiger partial charge in [-0.3, -0.25) is 9.59 Å². The second-order valence-corrected chi connectivity index (χ2v) is 5.63. The Bertz CT molecular complexity index is 326. The topological polar surface area (TPSA) is 52.7 Å². The van der Waals surface area contributed by atoms with Crippen LogP contribution in [0.4, 0.5) is 0 Å². The summed E-state index contributed by atoms with van der Waals surface area (Å²) in [5.41, 5.74) is 0. The molecule has 1 atom stereocenters. The second kappa shape index (κ2) is 5.69. The molecule has 1 heterocycles. The highest BCUT2D eigenvalue weighted by Gasteiger charge is 2.39. The van der Waals surface area contributed by atoms with E-state index in [0.29, 0.717) is 25.6 Å². The van der Waals surface area contributed by atoms with E-state index in [1.807, 2.05) is 23.9 Å². The van der Waals surface area contributed by atoms with Gasteiger partial charge in [0.05, 0.1) is 5.92 Å². The lowest BCUT2D eigenvalue weighted by atomic mass is 9.92. The van der Waals surface area contributed by atoms with E-state index in [-0.39, 0.29) is 17.7 Å². The average molecular weight is 253 g/mol. The third kappa shape index (κ3) is 3.02. The van der Waals surface area contributed by atoms with Crippen LogP contribution in [0.2, 0.25) is 0 Å². The number of carbonyl (C=O) groups excluding carboxylic acids is 2. The van der Waals surface area contributed by atoms with Crippen molar-refractivity contribution >= 4 is 11.8 Å². The summed E-state index contributed by atoms with van der Waals surface area (Å²) < 4.78 is 0. The Morgan fingerprint density at radius 1 is 1.44 bits per heavy atom. The molecule has 5 nitrogen and oxygen atoms in total. The monoisotopic (exact) mass is 253 g/mol. The van der Waals surface area contributed by atoms with Crippen molar-refractivity contribution in [2.75, 3.05) is 33.7 Å². The molecule has 5 heteroatoms. The molecule has 0 spiro atoms. The van der Waals surface area contributed by atoms with Gasteiger partial charge in [0.2, 0.25) is 11.8 Å². The van der Waals surface area contributed by atoms with Gasteiger partial charge in [0.25, 0.3) is 0 Å². The van der Waals surface area contributed by atoms with Crippen LogP contribution in [0.5, 0.6) is 0 Å². The molecule has 1 saturated carbocycles. The van der Waals surface area contributed by atoms with Gasteiger partial charge in [-0.1, -0.05) is 0 Å². The third-order valence-electron chi connectivity index (χ3n) is 3.90. The standard InChI is InChI=1S/C13H23N3O2/c1-15(2)7-6-14-13(18)10-8-12(17)16(9-10)11-4-3-5-11/h10-11H,3-9H2,1-2H3,(H,14,18). The fourth-order valence-electron chi connectivity index (χ4n) is 2.51. The van der Waals surface area contributed by atoms with Crippen LogP contribution in [-0.4, -0.2) is 61.4 Å². The number of carbonyl (C=O) groups is 2. The number of amides is 2. The van der Waals surface area contributed by atoms with Gasteiger partial charge >= 0.3 is 0 Å². The molecule has 2 aliphatic rings. The van der Waals surface area contributed by atoms with Crippen molar-refractivity contribution in [3.63, 3.8) is 0 Å². The van der Waals surface area contributed by atoms with E-state index in [4.69, 9.17) is 0 Å². The van der Waals surface area contributed by atoms with Crippen molar-refractivity contribution in [2.24, 2.45) is 5.92 Å². The predicted molar refractivity (Wildman–Crippen MR) is 69.0 cm³/mol. The van der Waals surface area contributed by atoms with Crippen molar-refractivity contribution in [3.8, 4) is 0 Å². The molecule has 18 heavy (non-hydrogen) atoms. The first-order valence-corrected chi connectivity index (χ1v) is 6.80.